The van der Waals surface area contributed by atoms with Gasteiger partial charge in [0.05, 0.1) is 25.1 Å². The molecule has 0 amide bonds. The van der Waals surface area contributed by atoms with E-state index < -0.39 is 0 Å². The van der Waals surface area contributed by atoms with Gasteiger partial charge in [0.25, 0.3) is 0 Å². The van der Waals surface area contributed by atoms with Crippen LogP contribution in [0.15, 0.2) is 47.7 Å². The lowest BCUT2D eigenvalue weighted by atomic mass is 10.2. The zero-order valence-electron chi connectivity index (χ0n) is 15.9. The van der Waals surface area contributed by atoms with Crippen LogP contribution in [0.3, 0.4) is 0 Å². The first kappa shape index (κ1) is 18.0. The lowest BCUT2D eigenvalue weighted by Crippen LogP contribution is -2.46. The molecule has 2 aliphatic rings. The molecule has 2 fully saturated rings. The van der Waals surface area contributed by atoms with Crippen LogP contribution in [-0.2, 0) is 11.3 Å². The average molecular weight is 368 g/mol. The van der Waals surface area contributed by atoms with Crippen LogP contribution < -0.4 is 5.32 Å². The molecule has 1 aromatic heterocycles. The molecule has 0 aliphatic carbocycles. The van der Waals surface area contributed by atoms with Gasteiger partial charge in [0.1, 0.15) is 0 Å². The van der Waals surface area contributed by atoms with Crippen molar-refractivity contribution in [3.05, 3.63) is 48.3 Å². The van der Waals surface area contributed by atoms with Crippen molar-refractivity contribution in [3.63, 3.8) is 0 Å². The number of guanidine groups is 1. The van der Waals surface area contributed by atoms with Crippen LogP contribution in [0.25, 0.3) is 5.69 Å². The summed E-state index contributed by atoms with van der Waals surface area (Å²) in [5.41, 5.74) is 2.21. The number of rotatable bonds is 4. The van der Waals surface area contributed by atoms with Gasteiger partial charge in [0.2, 0.25) is 0 Å². The Hall–Kier alpha value is -2.38. The molecule has 27 heavy (non-hydrogen) atoms. The molecule has 0 radical (unpaired) electrons. The van der Waals surface area contributed by atoms with Crippen molar-refractivity contribution in [2.24, 2.45) is 4.99 Å². The monoisotopic (exact) mass is 368 g/mol. The second-order valence-corrected chi connectivity index (χ2v) is 7.07. The molecule has 2 aliphatic heterocycles. The van der Waals surface area contributed by atoms with Gasteiger partial charge in [0.15, 0.2) is 5.96 Å². The first-order valence-electron chi connectivity index (χ1n) is 9.70. The number of morpholine rings is 1. The van der Waals surface area contributed by atoms with E-state index in [-0.39, 0.29) is 0 Å². The Kier molecular flexibility index (Phi) is 5.69. The number of hydrogen-bond donors (Lipinski definition) is 1. The van der Waals surface area contributed by atoms with Crippen molar-refractivity contribution in [1.82, 2.24) is 24.9 Å². The molecule has 2 aromatic rings. The van der Waals surface area contributed by atoms with E-state index in [1.165, 1.54) is 6.42 Å². The highest BCUT2D eigenvalue weighted by Gasteiger charge is 2.30. The number of nitrogens with one attached hydrogen (secondary N) is 1. The lowest BCUT2D eigenvalue weighted by molar-refractivity contribution is 0.0195. The Balaban J connectivity index is 1.31. The van der Waals surface area contributed by atoms with Gasteiger partial charge in [-0.3, -0.25) is 9.89 Å². The topological polar surface area (TPSA) is 57.9 Å². The van der Waals surface area contributed by atoms with Crippen LogP contribution in [0.1, 0.15) is 12.0 Å². The maximum Gasteiger partial charge on any atom is 0.193 e. The molecular weight excluding hydrogens is 340 g/mol. The summed E-state index contributed by atoms with van der Waals surface area (Å²) in [6.45, 7) is 6.60. The van der Waals surface area contributed by atoms with Gasteiger partial charge in [-0.2, -0.15) is 5.10 Å². The molecule has 0 saturated carbocycles. The predicted molar refractivity (Wildman–Crippen MR) is 106 cm³/mol. The molecule has 0 bridgehead atoms. The molecule has 7 heteroatoms. The zero-order valence-corrected chi connectivity index (χ0v) is 15.9. The molecule has 144 valence electrons. The third-order valence-corrected chi connectivity index (χ3v) is 5.34. The van der Waals surface area contributed by atoms with E-state index in [0.29, 0.717) is 6.04 Å². The molecule has 1 N–H and O–H groups in total. The lowest BCUT2D eigenvalue weighted by Gasteiger charge is -2.32. The molecule has 3 heterocycles. The number of nitrogens with zero attached hydrogens (tertiary/aromatic N) is 5. The number of hydrogen-bond acceptors (Lipinski definition) is 4. The number of likely N-dealkylation sites (tertiary alicyclic amines) is 1. The van der Waals surface area contributed by atoms with E-state index in [2.05, 4.69) is 43.5 Å². The van der Waals surface area contributed by atoms with Crippen molar-refractivity contribution in [3.8, 4) is 5.69 Å². The Morgan fingerprint density at radius 2 is 2.04 bits per heavy atom. The van der Waals surface area contributed by atoms with Crippen molar-refractivity contribution in [1.29, 1.82) is 0 Å². The first-order chi connectivity index (χ1) is 13.3. The zero-order chi connectivity index (χ0) is 18.5. The number of ether oxygens (including phenoxy) is 1. The second-order valence-electron chi connectivity index (χ2n) is 7.07. The highest BCUT2D eigenvalue weighted by atomic mass is 16.5. The van der Waals surface area contributed by atoms with Crippen molar-refractivity contribution in [2.75, 3.05) is 46.4 Å². The maximum absolute atomic E-state index is 5.48. The third kappa shape index (κ3) is 4.31. The van der Waals surface area contributed by atoms with Crippen molar-refractivity contribution < 1.29 is 4.74 Å². The summed E-state index contributed by atoms with van der Waals surface area (Å²) >= 11 is 0. The minimum atomic E-state index is 0.605. The summed E-state index contributed by atoms with van der Waals surface area (Å²) in [7, 11) is 1.86. The Morgan fingerprint density at radius 1 is 1.22 bits per heavy atom. The highest BCUT2D eigenvalue weighted by molar-refractivity contribution is 5.80. The fourth-order valence-corrected chi connectivity index (χ4v) is 3.86. The fraction of sp³-hybridized carbons (Fsp3) is 0.500. The fourth-order valence-electron chi connectivity index (χ4n) is 3.86. The summed E-state index contributed by atoms with van der Waals surface area (Å²) in [6.07, 6.45) is 5.16. The number of para-hydroxylation sites is 1. The summed E-state index contributed by atoms with van der Waals surface area (Å²) in [5.74, 6) is 0.971. The Morgan fingerprint density at radius 3 is 2.81 bits per heavy atom. The minimum absolute atomic E-state index is 0.605. The van der Waals surface area contributed by atoms with Gasteiger partial charge in [-0.25, -0.2) is 4.68 Å². The standard InChI is InChI=1S/C20H28N6O/c1-21-20(25-8-7-19(16-25)24-9-11-27-12-10-24)22-13-17-14-23-26(15-17)18-5-3-2-4-6-18/h2-6,14-15,19H,7-13,16H2,1H3,(H,21,22). The third-order valence-electron chi connectivity index (χ3n) is 5.34. The first-order valence-corrected chi connectivity index (χ1v) is 9.70. The van der Waals surface area contributed by atoms with Gasteiger partial charge in [-0.15, -0.1) is 0 Å². The molecule has 0 spiro atoms. The summed E-state index contributed by atoms with van der Waals surface area (Å²) in [4.78, 5) is 9.41. The van der Waals surface area contributed by atoms with Crippen LogP contribution in [0.4, 0.5) is 0 Å². The normalized spacial score (nSPS) is 21.6. The van der Waals surface area contributed by atoms with Crippen LogP contribution >= 0.6 is 0 Å². The number of aliphatic imine (C=N–C) groups is 1. The minimum Gasteiger partial charge on any atom is -0.379 e. The average Bonchev–Trinajstić information content (AvgIpc) is 3.40. The van der Waals surface area contributed by atoms with Crippen molar-refractivity contribution in [2.45, 2.75) is 19.0 Å². The largest absolute Gasteiger partial charge is 0.379 e. The van der Waals surface area contributed by atoms with Gasteiger partial charge < -0.3 is 15.0 Å². The van der Waals surface area contributed by atoms with Crippen molar-refractivity contribution >= 4 is 5.96 Å². The molecule has 7 nitrogen and oxygen atoms in total. The molecular formula is C20H28N6O. The maximum atomic E-state index is 5.48. The van der Waals surface area contributed by atoms with E-state index in [9.17, 15) is 0 Å². The number of benzene rings is 1. The van der Waals surface area contributed by atoms with E-state index in [0.717, 1.165) is 63.1 Å². The van der Waals surface area contributed by atoms with E-state index >= 15 is 0 Å². The molecule has 4 rings (SSSR count). The Bertz CT molecular complexity index is 753. The summed E-state index contributed by atoms with van der Waals surface area (Å²) in [6, 6.07) is 10.8. The summed E-state index contributed by atoms with van der Waals surface area (Å²) < 4.78 is 7.38. The summed E-state index contributed by atoms with van der Waals surface area (Å²) in [5, 5.41) is 7.96. The van der Waals surface area contributed by atoms with E-state index in [4.69, 9.17) is 4.74 Å². The van der Waals surface area contributed by atoms with Crippen LogP contribution in [0, 0.1) is 0 Å². The second kappa shape index (κ2) is 8.54. The molecule has 1 aromatic carbocycles. The highest BCUT2D eigenvalue weighted by Crippen LogP contribution is 2.17. The molecule has 1 unspecified atom stereocenters. The van der Waals surface area contributed by atoms with Gasteiger partial charge in [-0.05, 0) is 18.6 Å². The predicted octanol–water partition coefficient (Wildman–Crippen LogP) is 1.35. The van der Waals surface area contributed by atoms with Gasteiger partial charge in [0, 0.05) is 57.6 Å². The van der Waals surface area contributed by atoms with Crippen LogP contribution in [0.2, 0.25) is 0 Å². The van der Waals surface area contributed by atoms with Crippen LogP contribution in [-0.4, -0.2) is 78.0 Å². The Labute approximate surface area is 160 Å². The smallest absolute Gasteiger partial charge is 0.193 e. The molecule has 2 saturated heterocycles. The van der Waals surface area contributed by atoms with Gasteiger partial charge in [-0.1, -0.05) is 18.2 Å². The SMILES string of the molecule is CN=C(NCc1cnn(-c2ccccc2)c1)N1CCC(N2CCOCC2)C1. The van der Waals surface area contributed by atoms with Gasteiger partial charge >= 0.3 is 0 Å². The molecule has 1 atom stereocenters. The van der Waals surface area contributed by atoms with Crippen LogP contribution in [0.5, 0.6) is 0 Å². The number of aromatic nitrogens is 2. The van der Waals surface area contributed by atoms with E-state index in [1.807, 2.05) is 36.1 Å². The van der Waals surface area contributed by atoms with E-state index in [1.54, 1.807) is 0 Å². The quantitative estimate of drug-likeness (QED) is 0.652.